The molecule has 5 nitrogen and oxygen atoms in total. The number of halogens is 1. The topological polar surface area (TPSA) is 45.9 Å². The molecule has 150 valence electrons. The lowest BCUT2D eigenvalue weighted by atomic mass is 10.2. The molecule has 6 heteroatoms. The molecule has 1 fully saturated rings. The minimum Gasteiger partial charge on any atom is -0.482 e. The fraction of sp³-hybridized carbons (Fsp3) is 0.261. The van der Waals surface area contributed by atoms with E-state index in [-0.39, 0.29) is 11.2 Å². The monoisotopic (exact) mass is 410 g/mol. The Labute approximate surface area is 175 Å². The molecule has 0 amide bonds. The maximum Gasteiger partial charge on any atom is 0.227 e. The lowest BCUT2D eigenvalue weighted by Gasteiger charge is -2.35. The third kappa shape index (κ3) is 5.19. The summed E-state index contributed by atoms with van der Waals surface area (Å²) in [6.45, 7) is 4.67. The van der Waals surface area contributed by atoms with Crippen LogP contribution in [0, 0.1) is 0 Å². The summed E-state index contributed by atoms with van der Waals surface area (Å²) in [6.07, 6.45) is 1.41. The molecule has 0 aliphatic carbocycles. The first-order valence-corrected chi connectivity index (χ1v) is 10.1. The van der Waals surface area contributed by atoms with Gasteiger partial charge in [-0.15, -0.1) is 0 Å². The zero-order valence-electron chi connectivity index (χ0n) is 16.1. The number of rotatable bonds is 6. The molecule has 0 N–H and O–H groups in total. The number of piperazine rings is 1. The number of anilines is 1. The smallest absolute Gasteiger partial charge is 0.227 e. The van der Waals surface area contributed by atoms with E-state index in [0.717, 1.165) is 31.7 Å². The van der Waals surface area contributed by atoms with E-state index in [4.69, 9.17) is 20.8 Å². The molecule has 2 heterocycles. The summed E-state index contributed by atoms with van der Waals surface area (Å²) in [5.74, 6) is 0.875. The maximum absolute atomic E-state index is 12.4. The Hall–Kier alpha value is -2.76. The largest absolute Gasteiger partial charge is 0.482 e. The highest BCUT2D eigenvalue weighted by Crippen LogP contribution is 2.17. The summed E-state index contributed by atoms with van der Waals surface area (Å²) in [5.41, 5.74) is 2.03. The van der Waals surface area contributed by atoms with Gasteiger partial charge in [-0.05, 0) is 29.8 Å². The second-order valence-corrected chi connectivity index (χ2v) is 7.53. The zero-order chi connectivity index (χ0) is 20.1. The van der Waals surface area contributed by atoms with Gasteiger partial charge in [-0.2, -0.15) is 0 Å². The van der Waals surface area contributed by atoms with Gasteiger partial charge in [-0.3, -0.25) is 9.69 Å². The Bertz CT molecular complexity index is 981. The van der Waals surface area contributed by atoms with Gasteiger partial charge in [0.25, 0.3) is 0 Å². The summed E-state index contributed by atoms with van der Waals surface area (Å²) in [6, 6.07) is 19.3. The summed E-state index contributed by atoms with van der Waals surface area (Å²) >= 11 is 5.88. The van der Waals surface area contributed by atoms with Gasteiger partial charge in [0.15, 0.2) is 0 Å². The standard InChI is InChI=1S/C23H23ClN2O3/c24-19-8-6-18(7-9-19)16-29-23-17-28-21(14-22(23)27)15-25-10-12-26(13-11-25)20-4-2-1-3-5-20/h1-9,14,17H,10-13,15-16H2. The molecule has 0 atom stereocenters. The number of benzene rings is 2. The highest BCUT2D eigenvalue weighted by atomic mass is 35.5. The normalized spacial score (nSPS) is 14.7. The van der Waals surface area contributed by atoms with Crippen LogP contribution in [0.5, 0.6) is 5.75 Å². The molecule has 4 rings (SSSR count). The third-order valence-corrected chi connectivity index (χ3v) is 5.28. The Kier molecular flexibility index (Phi) is 6.17. The van der Waals surface area contributed by atoms with E-state index in [1.54, 1.807) is 12.1 Å². The average Bonchev–Trinajstić information content (AvgIpc) is 2.75. The van der Waals surface area contributed by atoms with Crippen LogP contribution >= 0.6 is 11.6 Å². The number of para-hydroxylation sites is 1. The Morgan fingerprint density at radius 1 is 0.966 bits per heavy atom. The third-order valence-electron chi connectivity index (χ3n) is 5.03. The zero-order valence-corrected chi connectivity index (χ0v) is 16.8. The fourth-order valence-corrected chi connectivity index (χ4v) is 3.52. The Morgan fingerprint density at radius 3 is 2.38 bits per heavy atom. The van der Waals surface area contributed by atoms with Gasteiger partial charge in [0.05, 0.1) is 6.54 Å². The first-order valence-electron chi connectivity index (χ1n) is 9.69. The van der Waals surface area contributed by atoms with Crippen molar-refractivity contribution < 1.29 is 9.15 Å². The SMILES string of the molecule is O=c1cc(CN2CCN(c3ccccc3)CC2)occ1OCc1ccc(Cl)cc1. The van der Waals surface area contributed by atoms with Crippen LogP contribution in [0.4, 0.5) is 5.69 Å². The highest BCUT2D eigenvalue weighted by Gasteiger charge is 2.18. The summed E-state index contributed by atoms with van der Waals surface area (Å²) < 4.78 is 11.3. The van der Waals surface area contributed by atoms with Crippen LogP contribution in [0.2, 0.25) is 5.02 Å². The molecule has 0 bridgehead atoms. The molecule has 0 radical (unpaired) electrons. The molecular formula is C23H23ClN2O3. The van der Waals surface area contributed by atoms with Crippen molar-refractivity contribution in [2.75, 3.05) is 31.1 Å². The fourth-order valence-electron chi connectivity index (χ4n) is 3.39. The van der Waals surface area contributed by atoms with Crippen LogP contribution in [0.25, 0.3) is 0 Å². The Balaban J connectivity index is 1.30. The number of nitrogens with zero attached hydrogens (tertiary/aromatic N) is 2. The number of ether oxygens (including phenoxy) is 1. The molecule has 29 heavy (non-hydrogen) atoms. The minimum absolute atomic E-state index is 0.164. The van der Waals surface area contributed by atoms with Gasteiger partial charge < -0.3 is 14.1 Å². The summed E-state index contributed by atoms with van der Waals surface area (Å²) in [7, 11) is 0. The first kappa shape index (κ1) is 19.6. The van der Waals surface area contributed by atoms with Crippen LogP contribution in [0.1, 0.15) is 11.3 Å². The maximum atomic E-state index is 12.4. The predicted molar refractivity (Wildman–Crippen MR) is 115 cm³/mol. The van der Waals surface area contributed by atoms with E-state index in [2.05, 4.69) is 34.1 Å². The first-order chi connectivity index (χ1) is 14.2. The van der Waals surface area contributed by atoms with Gasteiger partial charge >= 0.3 is 0 Å². The molecule has 1 aromatic heterocycles. The lowest BCUT2D eigenvalue weighted by molar-refractivity contribution is 0.224. The van der Waals surface area contributed by atoms with Crippen molar-refractivity contribution in [1.82, 2.24) is 4.90 Å². The molecule has 3 aromatic rings. The lowest BCUT2D eigenvalue weighted by Crippen LogP contribution is -2.46. The van der Waals surface area contributed by atoms with E-state index < -0.39 is 0 Å². The van der Waals surface area contributed by atoms with Crippen LogP contribution in [0.15, 0.2) is 76.1 Å². The second kappa shape index (κ2) is 9.16. The van der Waals surface area contributed by atoms with E-state index in [0.29, 0.717) is 23.9 Å². The molecule has 1 saturated heterocycles. The van der Waals surface area contributed by atoms with E-state index >= 15 is 0 Å². The predicted octanol–water partition coefficient (Wildman–Crippen LogP) is 4.19. The van der Waals surface area contributed by atoms with E-state index in [1.807, 2.05) is 18.2 Å². The molecule has 0 spiro atoms. The minimum atomic E-state index is -0.164. The molecule has 0 unspecified atom stereocenters. The highest BCUT2D eigenvalue weighted by molar-refractivity contribution is 6.30. The van der Waals surface area contributed by atoms with Crippen LogP contribution in [0.3, 0.4) is 0 Å². The molecule has 1 aliphatic rings. The van der Waals surface area contributed by atoms with Crippen molar-refractivity contribution in [2.24, 2.45) is 0 Å². The van der Waals surface area contributed by atoms with Crippen LogP contribution in [-0.2, 0) is 13.2 Å². The van der Waals surface area contributed by atoms with Crippen molar-refractivity contribution in [3.8, 4) is 5.75 Å². The van der Waals surface area contributed by atoms with Crippen molar-refractivity contribution in [3.63, 3.8) is 0 Å². The van der Waals surface area contributed by atoms with Crippen LogP contribution < -0.4 is 15.1 Å². The number of hydrogen-bond donors (Lipinski definition) is 0. The van der Waals surface area contributed by atoms with E-state index in [9.17, 15) is 4.79 Å². The molecule has 0 saturated carbocycles. The average molecular weight is 411 g/mol. The summed E-state index contributed by atoms with van der Waals surface area (Å²) in [5, 5.41) is 0.669. The van der Waals surface area contributed by atoms with Gasteiger partial charge in [0.1, 0.15) is 18.6 Å². The molecular weight excluding hydrogens is 388 g/mol. The number of hydrogen-bond acceptors (Lipinski definition) is 5. The molecule has 1 aliphatic heterocycles. The van der Waals surface area contributed by atoms with Crippen molar-refractivity contribution in [2.45, 2.75) is 13.2 Å². The van der Waals surface area contributed by atoms with Gasteiger partial charge in [0, 0.05) is 43.0 Å². The Morgan fingerprint density at radius 2 is 1.69 bits per heavy atom. The summed E-state index contributed by atoms with van der Waals surface area (Å²) in [4.78, 5) is 17.0. The van der Waals surface area contributed by atoms with Gasteiger partial charge in [0.2, 0.25) is 11.2 Å². The van der Waals surface area contributed by atoms with Crippen molar-refractivity contribution in [3.05, 3.63) is 93.5 Å². The van der Waals surface area contributed by atoms with Gasteiger partial charge in [-0.25, -0.2) is 0 Å². The van der Waals surface area contributed by atoms with Crippen LogP contribution in [-0.4, -0.2) is 31.1 Å². The van der Waals surface area contributed by atoms with Crippen molar-refractivity contribution in [1.29, 1.82) is 0 Å². The second-order valence-electron chi connectivity index (χ2n) is 7.09. The quantitative estimate of drug-likeness (QED) is 0.609. The van der Waals surface area contributed by atoms with Gasteiger partial charge in [-0.1, -0.05) is 41.9 Å². The van der Waals surface area contributed by atoms with Crippen molar-refractivity contribution >= 4 is 17.3 Å². The van der Waals surface area contributed by atoms with E-state index in [1.165, 1.54) is 18.0 Å². The molecule has 2 aromatic carbocycles.